The number of methoxy groups -OCH3 is 1. The summed E-state index contributed by atoms with van der Waals surface area (Å²) in [6.07, 6.45) is 0.786. The van der Waals surface area contributed by atoms with Crippen molar-refractivity contribution in [3.05, 3.63) is 64.1 Å². The summed E-state index contributed by atoms with van der Waals surface area (Å²) in [6, 6.07) is 15.4. The summed E-state index contributed by atoms with van der Waals surface area (Å²) >= 11 is 3.41. The van der Waals surface area contributed by atoms with Gasteiger partial charge in [0.05, 0.1) is 12.7 Å². The number of para-hydroxylation sites is 1. The van der Waals surface area contributed by atoms with Gasteiger partial charge in [0.15, 0.2) is 0 Å². The van der Waals surface area contributed by atoms with E-state index in [0.717, 1.165) is 10.9 Å². The first-order valence-corrected chi connectivity index (χ1v) is 7.58. The molecule has 2 aromatic rings. The lowest BCUT2D eigenvalue weighted by molar-refractivity contribution is 0.0937. The fourth-order valence-corrected chi connectivity index (χ4v) is 2.42. The van der Waals surface area contributed by atoms with Gasteiger partial charge in [-0.25, -0.2) is 0 Å². The summed E-state index contributed by atoms with van der Waals surface area (Å²) < 4.78 is 6.27. The van der Waals surface area contributed by atoms with E-state index >= 15 is 0 Å². The standard InChI is InChI=1S/C17H18BrNO2/c1-12(11-13-7-9-14(18)10-8-13)19-17(20)15-5-3-4-6-16(15)21-2/h3-10,12H,11H2,1-2H3,(H,19,20)/t12-/m0/s1. The van der Waals surface area contributed by atoms with E-state index in [0.29, 0.717) is 11.3 Å². The molecule has 0 bridgehead atoms. The molecule has 1 amide bonds. The van der Waals surface area contributed by atoms with Gasteiger partial charge in [-0.15, -0.1) is 0 Å². The number of ether oxygens (including phenoxy) is 1. The van der Waals surface area contributed by atoms with Crippen LogP contribution in [0.25, 0.3) is 0 Å². The predicted octanol–water partition coefficient (Wildman–Crippen LogP) is 3.82. The minimum Gasteiger partial charge on any atom is -0.496 e. The second kappa shape index (κ2) is 7.27. The molecule has 0 unspecified atom stereocenters. The van der Waals surface area contributed by atoms with E-state index < -0.39 is 0 Å². The van der Waals surface area contributed by atoms with E-state index in [4.69, 9.17) is 4.74 Å². The Morgan fingerprint density at radius 1 is 1.19 bits per heavy atom. The van der Waals surface area contributed by atoms with Crippen LogP contribution in [0, 0.1) is 0 Å². The van der Waals surface area contributed by atoms with Gasteiger partial charge in [0.25, 0.3) is 5.91 Å². The van der Waals surface area contributed by atoms with E-state index in [1.54, 1.807) is 19.2 Å². The van der Waals surface area contributed by atoms with E-state index in [2.05, 4.69) is 33.4 Å². The number of benzene rings is 2. The molecule has 1 N–H and O–H groups in total. The molecule has 0 saturated carbocycles. The van der Waals surface area contributed by atoms with Crippen LogP contribution in [0.3, 0.4) is 0 Å². The zero-order valence-corrected chi connectivity index (χ0v) is 13.7. The van der Waals surface area contributed by atoms with Crippen molar-refractivity contribution in [2.24, 2.45) is 0 Å². The van der Waals surface area contributed by atoms with Gasteiger partial charge < -0.3 is 10.1 Å². The fraction of sp³-hybridized carbons (Fsp3) is 0.235. The van der Waals surface area contributed by atoms with Gasteiger partial charge in [-0.1, -0.05) is 40.2 Å². The van der Waals surface area contributed by atoms with Crippen LogP contribution < -0.4 is 10.1 Å². The Morgan fingerprint density at radius 2 is 1.86 bits per heavy atom. The zero-order valence-electron chi connectivity index (χ0n) is 12.1. The lowest BCUT2D eigenvalue weighted by Crippen LogP contribution is -2.34. The van der Waals surface area contributed by atoms with E-state index in [1.165, 1.54) is 5.56 Å². The second-order valence-electron chi connectivity index (χ2n) is 4.91. The third-order valence-corrected chi connectivity index (χ3v) is 3.71. The van der Waals surface area contributed by atoms with Gasteiger partial charge in [-0.05, 0) is 43.2 Å². The molecule has 3 nitrogen and oxygen atoms in total. The molecule has 0 saturated heterocycles. The molecule has 0 fully saturated rings. The Hall–Kier alpha value is -1.81. The number of carbonyl (C=O) groups excluding carboxylic acids is 1. The van der Waals surface area contributed by atoms with Gasteiger partial charge in [0.2, 0.25) is 0 Å². The normalized spacial score (nSPS) is 11.8. The maximum Gasteiger partial charge on any atom is 0.255 e. The van der Waals surface area contributed by atoms with Crippen molar-refractivity contribution in [2.75, 3.05) is 7.11 Å². The molecule has 0 heterocycles. The number of halogens is 1. The van der Waals surface area contributed by atoms with Crippen molar-refractivity contribution < 1.29 is 9.53 Å². The Kier molecular flexibility index (Phi) is 5.39. The van der Waals surface area contributed by atoms with Crippen LogP contribution in [-0.4, -0.2) is 19.1 Å². The monoisotopic (exact) mass is 347 g/mol. The molecule has 110 valence electrons. The predicted molar refractivity (Wildman–Crippen MR) is 87.8 cm³/mol. The smallest absolute Gasteiger partial charge is 0.255 e. The van der Waals surface area contributed by atoms with Crippen molar-refractivity contribution >= 4 is 21.8 Å². The number of hydrogen-bond acceptors (Lipinski definition) is 2. The molecule has 2 rings (SSSR count). The maximum atomic E-state index is 12.3. The van der Waals surface area contributed by atoms with Crippen LogP contribution in [0.4, 0.5) is 0 Å². The van der Waals surface area contributed by atoms with Gasteiger partial charge in [-0.2, -0.15) is 0 Å². The second-order valence-corrected chi connectivity index (χ2v) is 5.82. The highest BCUT2D eigenvalue weighted by Gasteiger charge is 2.14. The van der Waals surface area contributed by atoms with E-state index in [9.17, 15) is 4.79 Å². The summed E-state index contributed by atoms with van der Waals surface area (Å²) in [5, 5.41) is 3.00. The Morgan fingerprint density at radius 3 is 2.52 bits per heavy atom. The number of rotatable bonds is 5. The minimum absolute atomic E-state index is 0.0450. The summed E-state index contributed by atoms with van der Waals surface area (Å²) in [7, 11) is 1.57. The van der Waals surface area contributed by atoms with Gasteiger partial charge in [0, 0.05) is 10.5 Å². The van der Waals surface area contributed by atoms with Crippen LogP contribution in [0.5, 0.6) is 5.75 Å². The first-order valence-electron chi connectivity index (χ1n) is 6.78. The summed E-state index contributed by atoms with van der Waals surface area (Å²) in [6.45, 7) is 2.00. The molecule has 0 aromatic heterocycles. The third kappa shape index (κ3) is 4.33. The number of nitrogens with one attached hydrogen (secondary N) is 1. The zero-order chi connectivity index (χ0) is 15.2. The summed E-state index contributed by atoms with van der Waals surface area (Å²) in [5.41, 5.74) is 1.74. The molecule has 0 radical (unpaired) electrons. The van der Waals surface area contributed by atoms with Crippen LogP contribution >= 0.6 is 15.9 Å². The topological polar surface area (TPSA) is 38.3 Å². The van der Waals surface area contributed by atoms with Crippen LogP contribution in [0.15, 0.2) is 53.0 Å². The average molecular weight is 348 g/mol. The number of carbonyl (C=O) groups is 1. The lowest BCUT2D eigenvalue weighted by atomic mass is 10.1. The highest BCUT2D eigenvalue weighted by molar-refractivity contribution is 9.10. The maximum absolute atomic E-state index is 12.3. The SMILES string of the molecule is COc1ccccc1C(=O)N[C@@H](C)Cc1ccc(Br)cc1. The molecule has 2 aromatic carbocycles. The van der Waals surface area contributed by atoms with Crippen molar-refractivity contribution in [2.45, 2.75) is 19.4 Å². The molecule has 0 aliphatic heterocycles. The molecular weight excluding hydrogens is 330 g/mol. The molecule has 0 aliphatic rings. The molecular formula is C17H18BrNO2. The highest BCUT2D eigenvalue weighted by atomic mass is 79.9. The first-order chi connectivity index (χ1) is 10.1. The third-order valence-electron chi connectivity index (χ3n) is 3.18. The Balaban J connectivity index is 2.00. The van der Waals surface area contributed by atoms with Gasteiger partial charge >= 0.3 is 0 Å². The van der Waals surface area contributed by atoms with Crippen LogP contribution in [0.1, 0.15) is 22.8 Å². The first kappa shape index (κ1) is 15.6. The fourth-order valence-electron chi connectivity index (χ4n) is 2.16. The highest BCUT2D eigenvalue weighted by Crippen LogP contribution is 2.17. The molecule has 0 spiro atoms. The van der Waals surface area contributed by atoms with Crippen molar-refractivity contribution in [3.8, 4) is 5.75 Å². The number of hydrogen-bond donors (Lipinski definition) is 1. The van der Waals surface area contributed by atoms with Crippen molar-refractivity contribution in [1.82, 2.24) is 5.32 Å². The molecule has 4 heteroatoms. The van der Waals surface area contributed by atoms with E-state index in [-0.39, 0.29) is 11.9 Å². The lowest BCUT2D eigenvalue weighted by Gasteiger charge is -2.15. The Labute approximate surface area is 133 Å². The van der Waals surface area contributed by atoms with Crippen LogP contribution in [-0.2, 0) is 6.42 Å². The minimum atomic E-state index is -0.114. The average Bonchev–Trinajstić information content (AvgIpc) is 2.49. The summed E-state index contributed by atoms with van der Waals surface area (Å²) in [5.74, 6) is 0.475. The van der Waals surface area contributed by atoms with Crippen molar-refractivity contribution in [1.29, 1.82) is 0 Å². The van der Waals surface area contributed by atoms with Crippen molar-refractivity contribution in [3.63, 3.8) is 0 Å². The largest absolute Gasteiger partial charge is 0.496 e. The van der Waals surface area contributed by atoms with E-state index in [1.807, 2.05) is 31.2 Å². The van der Waals surface area contributed by atoms with Crippen LogP contribution in [0.2, 0.25) is 0 Å². The molecule has 0 aliphatic carbocycles. The quantitative estimate of drug-likeness (QED) is 0.892. The Bertz CT molecular complexity index is 610. The van der Waals surface area contributed by atoms with Gasteiger partial charge in [0.1, 0.15) is 5.75 Å². The summed E-state index contributed by atoms with van der Waals surface area (Å²) in [4.78, 5) is 12.3. The molecule has 21 heavy (non-hydrogen) atoms. The van der Waals surface area contributed by atoms with Gasteiger partial charge in [-0.3, -0.25) is 4.79 Å². The number of amides is 1. The molecule has 1 atom stereocenters.